The van der Waals surface area contributed by atoms with Gasteiger partial charge in [-0.05, 0) is 64.0 Å². The van der Waals surface area contributed by atoms with Crippen LogP contribution >= 0.6 is 0 Å². The Morgan fingerprint density at radius 3 is 2.89 bits per heavy atom. The van der Waals surface area contributed by atoms with E-state index >= 15 is 0 Å². The summed E-state index contributed by atoms with van der Waals surface area (Å²) in [6.07, 6.45) is 8.55. The van der Waals surface area contributed by atoms with Crippen LogP contribution in [0.2, 0.25) is 0 Å². The van der Waals surface area contributed by atoms with Gasteiger partial charge in [0.2, 0.25) is 0 Å². The molecule has 1 N–H and O–H groups in total. The molecule has 3 nitrogen and oxygen atoms in total. The molecule has 3 fully saturated rings. The summed E-state index contributed by atoms with van der Waals surface area (Å²) in [4.78, 5) is 2.73. The van der Waals surface area contributed by atoms with Gasteiger partial charge in [-0.2, -0.15) is 0 Å². The maximum absolute atomic E-state index is 5.75. The summed E-state index contributed by atoms with van der Waals surface area (Å²) in [5.74, 6) is 0. The first-order chi connectivity index (χ1) is 8.77. The highest BCUT2D eigenvalue weighted by Gasteiger charge is 2.42. The Labute approximate surface area is 111 Å². The van der Waals surface area contributed by atoms with Gasteiger partial charge in [0, 0.05) is 25.7 Å². The highest BCUT2D eigenvalue weighted by molar-refractivity contribution is 4.96. The molecule has 2 atom stereocenters. The third kappa shape index (κ3) is 2.73. The predicted octanol–water partition coefficient (Wildman–Crippen LogP) is 2.02. The van der Waals surface area contributed by atoms with Crippen LogP contribution in [0.25, 0.3) is 0 Å². The lowest BCUT2D eigenvalue weighted by molar-refractivity contribution is 0.0888. The molecule has 2 unspecified atom stereocenters. The molecule has 3 saturated heterocycles. The molecule has 3 heterocycles. The normalized spacial score (nSPS) is 36.5. The zero-order valence-electron chi connectivity index (χ0n) is 11.8. The fraction of sp³-hybridized carbons (Fsp3) is 1.00. The van der Waals surface area contributed by atoms with Gasteiger partial charge in [0.05, 0.1) is 6.10 Å². The summed E-state index contributed by atoms with van der Waals surface area (Å²) in [7, 11) is 0. The van der Waals surface area contributed by atoms with Crippen molar-refractivity contribution < 1.29 is 4.74 Å². The lowest BCUT2D eigenvalue weighted by Gasteiger charge is -2.34. The lowest BCUT2D eigenvalue weighted by atomic mass is 9.77. The molecule has 0 bridgehead atoms. The number of likely N-dealkylation sites (tertiary alicyclic amines) is 1. The van der Waals surface area contributed by atoms with E-state index in [1.807, 2.05) is 0 Å². The van der Waals surface area contributed by atoms with Crippen molar-refractivity contribution in [2.75, 3.05) is 32.8 Å². The van der Waals surface area contributed by atoms with Crippen LogP contribution in [0, 0.1) is 5.41 Å². The predicted molar refractivity (Wildman–Crippen MR) is 73.8 cm³/mol. The third-order valence-corrected chi connectivity index (χ3v) is 5.32. The summed E-state index contributed by atoms with van der Waals surface area (Å²) < 4.78 is 5.75. The Morgan fingerprint density at radius 1 is 1.33 bits per heavy atom. The van der Waals surface area contributed by atoms with Crippen molar-refractivity contribution in [3.05, 3.63) is 0 Å². The Hall–Kier alpha value is -0.120. The maximum atomic E-state index is 5.75. The fourth-order valence-corrected chi connectivity index (χ4v) is 4.21. The summed E-state index contributed by atoms with van der Waals surface area (Å²) in [5, 5.41) is 3.50. The van der Waals surface area contributed by atoms with Gasteiger partial charge in [0.25, 0.3) is 0 Å². The number of ether oxygens (including phenoxy) is 1. The van der Waals surface area contributed by atoms with Crippen molar-refractivity contribution in [1.29, 1.82) is 0 Å². The van der Waals surface area contributed by atoms with E-state index in [0.717, 1.165) is 12.6 Å². The SMILES string of the molecule is CC1CC2(CCNCC2)CN1CCC1CCCO1. The topological polar surface area (TPSA) is 24.5 Å². The van der Waals surface area contributed by atoms with Crippen LogP contribution in [-0.4, -0.2) is 49.8 Å². The van der Waals surface area contributed by atoms with Crippen molar-refractivity contribution in [3.8, 4) is 0 Å². The van der Waals surface area contributed by atoms with Gasteiger partial charge in [-0.25, -0.2) is 0 Å². The molecule has 1 spiro atoms. The number of nitrogens with zero attached hydrogens (tertiary/aromatic N) is 1. The second-order valence-electron chi connectivity index (χ2n) is 6.70. The van der Waals surface area contributed by atoms with E-state index in [4.69, 9.17) is 4.74 Å². The zero-order valence-corrected chi connectivity index (χ0v) is 11.8. The van der Waals surface area contributed by atoms with Crippen molar-refractivity contribution in [1.82, 2.24) is 10.2 Å². The van der Waals surface area contributed by atoms with E-state index in [1.54, 1.807) is 0 Å². The molecule has 3 aliphatic rings. The third-order valence-electron chi connectivity index (χ3n) is 5.32. The minimum atomic E-state index is 0.557. The first kappa shape index (κ1) is 12.9. The van der Waals surface area contributed by atoms with Gasteiger partial charge in [-0.15, -0.1) is 0 Å². The summed E-state index contributed by atoms with van der Waals surface area (Å²) in [6.45, 7) is 8.46. The molecular formula is C15H28N2O. The van der Waals surface area contributed by atoms with Gasteiger partial charge < -0.3 is 10.1 Å². The minimum Gasteiger partial charge on any atom is -0.378 e. The van der Waals surface area contributed by atoms with E-state index in [0.29, 0.717) is 11.5 Å². The Balaban J connectivity index is 1.50. The van der Waals surface area contributed by atoms with Crippen LogP contribution < -0.4 is 5.32 Å². The van der Waals surface area contributed by atoms with E-state index in [9.17, 15) is 0 Å². The summed E-state index contributed by atoms with van der Waals surface area (Å²) in [5.41, 5.74) is 0.640. The van der Waals surface area contributed by atoms with Crippen LogP contribution in [0.1, 0.15) is 45.4 Å². The standard InChI is InChI=1S/C15H28N2O/c1-13-11-15(5-7-16-8-6-15)12-17(13)9-4-14-3-2-10-18-14/h13-14,16H,2-12H2,1H3. The molecule has 3 rings (SSSR count). The van der Waals surface area contributed by atoms with Crippen LogP contribution in [0.3, 0.4) is 0 Å². The number of piperidine rings is 1. The number of nitrogens with one attached hydrogen (secondary N) is 1. The molecular weight excluding hydrogens is 224 g/mol. The van der Waals surface area contributed by atoms with Crippen molar-refractivity contribution >= 4 is 0 Å². The minimum absolute atomic E-state index is 0.557. The van der Waals surface area contributed by atoms with Crippen molar-refractivity contribution in [3.63, 3.8) is 0 Å². The summed E-state index contributed by atoms with van der Waals surface area (Å²) >= 11 is 0. The second-order valence-corrected chi connectivity index (χ2v) is 6.70. The van der Waals surface area contributed by atoms with Crippen molar-refractivity contribution in [2.45, 2.75) is 57.6 Å². The van der Waals surface area contributed by atoms with Gasteiger partial charge in [0.15, 0.2) is 0 Å². The zero-order chi connectivity index (χ0) is 12.4. The molecule has 0 saturated carbocycles. The van der Waals surface area contributed by atoms with Crippen molar-refractivity contribution in [2.24, 2.45) is 5.41 Å². The molecule has 3 heteroatoms. The number of hydrogen-bond donors (Lipinski definition) is 1. The van der Waals surface area contributed by atoms with Crippen LogP contribution in [0.15, 0.2) is 0 Å². The number of hydrogen-bond acceptors (Lipinski definition) is 3. The average Bonchev–Trinajstić information content (AvgIpc) is 2.97. The molecule has 0 aromatic carbocycles. The molecule has 0 amide bonds. The van der Waals surface area contributed by atoms with Crippen LogP contribution in [-0.2, 0) is 4.74 Å². The Morgan fingerprint density at radius 2 is 2.17 bits per heavy atom. The number of rotatable bonds is 3. The van der Waals surface area contributed by atoms with Crippen LogP contribution in [0.4, 0.5) is 0 Å². The monoisotopic (exact) mass is 252 g/mol. The molecule has 0 aromatic rings. The van der Waals surface area contributed by atoms with E-state index in [1.165, 1.54) is 64.7 Å². The van der Waals surface area contributed by atoms with Gasteiger partial charge in [-0.3, -0.25) is 4.90 Å². The van der Waals surface area contributed by atoms with Gasteiger partial charge in [0.1, 0.15) is 0 Å². The van der Waals surface area contributed by atoms with E-state index < -0.39 is 0 Å². The Bertz CT molecular complexity index is 270. The average molecular weight is 252 g/mol. The largest absolute Gasteiger partial charge is 0.378 e. The lowest BCUT2D eigenvalue weighted by Crippen LogP contribution is -2.39. The second kappa shape index (κ2) is 5.48. The maximum Gasteiger partial charge on any atom is 0.0588 e. The highest BCUT2D eigenvalue weighted by atomic mass is 16.5. The van der Waals surface area contributed by atoms with Crippen LogP contribution in [0.5, 0.6) is 0 Å². The molecule has 0 aliphatic carbocycles. The molecule has 0 radical (unpaired) electrons. The van der Waals surface area contributed by atoms with E-state index in [-0.39, 0.29) is 0 Å². The van der Waals surface area contributed by atoms with Gasteiger partial charge >= 0.3 is 0 Å². The van der Waals surface area contributed by atoms with E-state index in [2.05, 4.69) is 17.1 Å². The molecule has 18 heavy (non-hydrogen) atoms. The molecule has 0 aromatic heterocycles. The quantitative estimate of drug-likeness (QED) is 0.831. The smallest absolute Gasteiger partial charge is 0.0588 e. The summed E-state index contributed by atoms with van der Waals surface area (Å²) in [6, 6.07) is 0.782. The highest BCUT2D eigenvalue weighted by Crippen LogP contribution is 2.41. The first-order valence-corrected chi connectivity index (χ1v) is 7.84. The fourth-order valence-electron chi connectivity index (χ4n) is 4.21. The van der Waals surface area contributed by atoms with Gasteiger partial charge in [-0.1, -0.05) is 0 Å². The molecule has 104 valence electrons. The molecule has 3 aliphatic heterocycles. The first-order valence-electron chi connectivity index (χ1n) is 7.84. The Kier molecular flexibility index (Phi) is 3.92.